The third-order valence-corrected chi connectivity index (χ3v) is 17.3. The van der Waals surface area contributed by atoms with E-state index in [0.29, 0.717) is 21.5 Å². The van der Waals surface area contributed by atoms with Crippen LogP contribution in [0.25, 0.3) is 62.3 Å². The Morgan fingerprint density at radius 1 is 0.466 bits per heavy atom. The third kappa shape index (κ3) is 4.59. The molecule has 8 aromatic rings. The van der Waals surface area contributed by atoms with Gasteiger partial charge in [0, 0.05) is 52.6 Å². The first-order valence-electron chi connectivity index (χ1n) is 18.6. The minimum Gasteiger partial charge on any atom is -0.288 e. The number of fused-ring (bicyclic) bond motifs is 13. The number of halogens is 4. The van der Waals surface area contributed by atoms with Crippen LogP contribution in [0.1, 0.15) is 94.4 Å². The maximum atomic E-state index is 14.0. The topological polar surface area (TPSA) is 68.3 Å². The van der Waals surface area contributed by atoms with Crippen LogP contribution >= 0.6 is 45.3 Å². The summed E-state index contributed by atoms with van der Waals surface area (Å²) in [6.45, 7) is 0. The summed E-state index contributed by atoms with van der Waals surface area (Å²) in [7, 11) is 0. The lowest BCUT2D eigenvalue weighted by molar-refractivity contribution is 0.0975. The van der Waals surface area contributed by atoms with Gasteiger partial charge in [0.15, 0.2) is 46.4 Å². The lowest BCUT2D eigenvalue weighted by Gasteiger charge is -2.35. The molecular weight excluding hydrogens is 821 g/mol. The minimum atomic E-state index is -1.02. The monoisotopic (exact) mass is 842 g/mol. The Bertz CT molecular complexity index is 3280. The van der Waals surface area contributed by atoms with Crippen LogP contribution in [-0.4, -0.2) is 23.1 Å². The lowest BCUT2D eigenvalue weighted by Crippen LogP contribution is -2.27. The summed E-state index contributed by atoms with van der Waals surface area (Å²) in [5, 5.41) is 1.38. The molecule has 4 nitrogen and oxygen atoms in total. The Morgan fingerprint density at radius 2 is 0.931 bits per heavy atom. The number of benzene rings is 4. The van der Waals surface area contributed by atoms with Crippen molar-refractivity contribution in [3.63, 3.8) is 0 Å². The predicted octanol–water partition coefficient (Wildman–Crippen LogP) is 13.3. The Labute approximate surface area is 341 Å². The van der Waals surface area contributed by atoms with E-state index in [1.807, 2.05) is 6.07 Å². The number of hydrogen-bond acceptors (Lipinski definition) is 8. The number of carbonyl (C=O) groups excluding carboxylic acids is 4. The molecule has 1 spiro atoms. The van der Waals surface area contributed by atoms with Crippen LogP contribution in [0, 0.1) is 23.3 Å². The van der Waals surface area contributed by atoms with E-state index in [2.05, 4.69) is 6.07 Å². The van der Waals surface area contributed by atoms with Crippen molar-refractivity contribution in [2.75, 3.05) is 0 Å². The van der Waals surface area contributed by atoms with E-state index in [1.165, 1.54) is 56.3 Å². The summed E-state index contributed by atoms with van der Waals surface area (Å²) in [4.78, 5) is 58.2. The van der Waals surface area contributed by atoms with E-state index < -0.39 is 46.4 Å². The Morgan fingerprint density at radius 3 is 1.41 bits per heavy atom. The number of allylic oxidation sites excluding steroid dienone is 2. The summed E-state index contributed by atoms with van der Waals surface area (Å²) < 4.78 is 60.5. The molecule has 12 heteroatoms. The highest BCUT2D eigenvalue weighted by atomic mass is 32.1. The van der Waals surface area contributed by atoms with E-state index in [-0.39, 0.29) is 38.8 Å². The van der Waals surface area contributed by atoms with E-state index in [0.717, 1.165) is 85.1 Å². The molecule has 4 aromatic carbocycles. The zero-order valence-corrected chi connectivity index (χ0v) is 33.0. The van der Waals surface area contributed by atoms with Gasteiger partial charge in [0.1, 0.15) is 0 Å². The lowest BCUT2D eigenvalue weighted by atomic mass is 9.68. The van der Waals surface area contributed by atoms with Crippen LogP contribution in [0.2, 0.25) is 0 Å². The Balaban J connectivity index is 0.929. The normalized spacial score (nSPS) is 16.8. The highest BCUT2D eigenvalue weighted by molar-refractivity contribution is 7.40. The number of rotatable bonds is 2. The van der Waals surface area contributed by atoms with Gasteiger partial charge in [0.25, 0.3) is 0 Å². The van der Waals surface area contributed by atoms with Crippen LogP contribution in [-0.2, 0) is 5.41 Å². The van der Waals surface area contributed by atoms with Crippen molar-refractivity contribution < 1.29 is 36.7 Å². The number of carbonyl (C=O) groups is 4. The highest BCUT2D eigenvalue weighted by Gasteiger charge is 2.48. The van der Waals surface area contributed by atoms with Gasteiger partial charge in [-0.25, -0.2) is 17.6 Å². The molecule has 4 aliphatic carbocycles. The number of hydrogen-bond donors (Lipinski definition) is 0. The molecule has 1 saturated carbocycles. The predicted molar refractivity (Wildman–Crippen MR) is 223 cm³/mol. The fraction of sp³-hybridized carbons (Fsp3) is 0.130. The Kier molecular flexibility index (Phi) is 7.07. The van der Waals surface area contributed by atoms with Crippen molar-refractivity contribution in [1.82, 2.24) is 0 Å². The standard InChI is InChI=1S/C46H22F4O4S4/c47-31-10-18-6-24-25(7-19(18)11-32(31)48)38(52)28(37(24)51)14-22-16-30-41(55-22)43-36(46(30)4-2-1-3-5-46)44-45(58-43)42-35(57-44)17-23(56-42)15-29-39(53)26-8-20-12-33(49)34(50)13-21(20)9-27(26)40(29)54/h6-17H,1-5H2. The zero-order chi connectivity index (χ0) is 39.5. The molecule has 0 N–H and O–H groups in total. The first kappa shape index (κ1) is 34.6. The summed E-state index contributed by atoms with van der Waals surface area (Å²) in [6, 6.07) is 14.1. The van der Waals surface area contributed by atoms with E-state index in [4.69, 9.17) is 0 Å². The third-order valence-electron chi connectivity index (χ3n) is 12.2. The molecule has 4 heterocycles. The molecule has 282 valence electrons. The SMILES string of the molecule is O=C1C(=Cc2cc3c(s2)-c2sc4c(sc5cc(C=C6C(=O)c7cc8cc(F)c(F)cc8cc7C6=O)sc54)c2C32CCCCC2)C(=O)c2cc3cc(F)c(F)cc3cc21. The molecule has 4 aromatic heterocycles. The summed E-state index contributed by atoms with van der Waals surface area (Å²) >= 11 is 6.55. The average Bonchev–Trinajstić information content (AvgIpc) is 4.06. The van der Waals surface area contributed by atoms with Crippen LogP contribution in [0.5, 0.6) is 0 Å². The van der Waals surface area contributed by atoms with E-state index in [9.17, 15) is 36.7 Å². The number of Topliss-reactive ketones (excluding diaryl/α,β-unsaturated/α-hetero) is 4. The molecule has 0 saturated heterocycles. The fourth-order valence-electron chi connectivity index (χ4n) is 9.55. The van der Waals surface area contributed by atoms with Crippen molar-refractivity contribution >= 4 is 121 Å². The van der Waals surface area contributed by atoms with E-state index >= 15 is 0 Å². The molecule has 0 aliphatic heterocycles. The first-order chi connectivity index (χ1) is 28.0. The molecule has 12 rings (SSSR count). The van der Waals surface area contributed by atoms with E-state index in [1.54, 1.807) is 46.2 Å². The molecule has 0 unspecified atom stereocenters. The largest absolute Gasteiger partial charge is 0.288 e. The van der Waals surface area contributed by atoms with Gasteiger partial charge in [-0.2, -0.15) is 0 Å². The number of ketones is 4. The van der Waals surface area contributed by atoms with Gasteiger partial charge in [-0.15, -0.1) is 45.3 Å². The van der Waals surface area contributed by atoms with Crippen LogP contribution in [0.15, 0.2) is 71.8 Å². The summed E-state index contributed by atoms with van der Waals surface area (Å²) in [5.41, 5.74) is 3.18. The second-order valence-electron chi connectivity index (χ2n) is 15.4. The maximum Gasteiger partial charge on any atom is 0.197 e. The maximum absolute atomic E-state index is 14.0. The average molecular weight is 843 g/mol. The van der Waals surface area contributed by atoms with Crippen LogP contribution in [0.3, 0.4) is 0 Å². The molecular formula is C46H22F4O4S4. The molecule has 0 atom stereocenters. The van der Waals surface area contributed by atoms with Gasteiger partial charge in [-0.1, -0.05) is 19.3 Å². The van der Waals surface area contributed by atoms with Crippen LogP contribution < -0.4 is 0 Å². The zero-order valence-electron chi connectivity index (χ0n) is 29.7. The van der Waals surface area contributed by atoms with Gasteiger partial charge in [-0.3, -0.25) is 19.2 Å². The summed E-state index contributed by atoms with van der Waals surface area (Å²) in [5.74, 6) is -5.83. The van der Waals surface area contributed by atoms with Gasteiger partial charge < -0.3 is 0 Å². The van der Waals surface area contributed by atoms with Gasteiger partial charge >= 0.3 is 0 Å². The van der Waals surface area contributed by atoms with Crippen molar-refractivity contribution in [2.45, 2.75) is 37.5 Å². The quantitative estimate of drug-likeness (QED) is 0.0987. The molecule has 0 amide bonds. The molecule has 1 fully saturated rings. The fourth-order valence-corrected chi connectivity index (χ4v) is 15.3. The van der Waals surface area contributed by atoms with Gasteiger partial charge in [-0.05, 0) is 113 Å². The highest BCUT2D eigenvalue weighted by Crippen LogP contribution is 2.65. The molecule has 0 bridgehead atoms. The molecule has 0 radical (unpaired) electrons. The summed E-state index contributed by atoms with van der Waals surface area (Å²) in [6.07, 6.45) is 8.56. The van der Waals surface area contributed by atoms with Crippen molar-refractivity contribution in [3.8, 4) is 9.75 Å². The number of thiophene rings is 4. The van der Waals surface area contributed by atoms with Crippen molar-refractivity contribution in [1.29, 1.82) is 0 Å². The van der Waals surface area contributed by atoms with Gasteiger partial charge in [0.05, 0.1) is 30.1 Å². The molecule has 4 aliphatic rings. The minimum absolute atomic E-state index is 0.0227. The van der Waals surface area contributed by atoms with Crippen molar-refractivity contribution in [3.05, 3.63) is 138 Å². The van der Waals surface area contributed by atoms with Gasteiger partial charge in [0.2, 0.25) is 0 Å². The first-order valence-corrected chi connectivity index (χ1v) is 21.9. The van der Waals surface area contributed by atoms with Crippen LogP contribution in [0.4, 0.5) is 17.6 Å². The molecule has 58 heavy (non-hydrogen) atoms. The second-order valence-corrected chi connectivity index (χ2v) is 19.6. The second kappa shape index (κ2) is 11.8. The smallest absolute Gasteiger partial charge is 0.197 e. The Hall–Kier alpha value is -5.40. The van der Waals surface area contributed by atoms with Crippen molar-refractivity contribution in [2.24, 2.45) is 0 Å².